The minimum absolute atomic E-state index is 0. The average Bonchev–Trinajstić information content (AvgIpc) is 2.49. The van der Waals surface area contributed by atoms with Gasteiger partial charge in [0, 0.05) is 18.7 Å². The molecule has 0 radical (unpaired) electrons. The number of nitro benzene ring substituents is 1. The number of nitro groups is 1. The van der Waals surface area contributed by atoms with E-state index in [9.17, 15) is 28.1 Å². The van der Waals surface area contributed by atoms with Crippen LogP contribution in [0.5, 0.6) is 0 Å². The van der Waals surface area contributed by atoms with Gasteiger partial charge in [-0.15, -0.1) is 12.4 Å². The van der Waals surface area contributed by atoms with Gasteiger partial charge in [0.15, 0.2) is 0 Å². The number of carbonyl (C=O) groups is 1. The zero-order valence-electron chi connectivity index (χ0n) is 12.9. The first-order valence-electron chi connectivity index (χ1n) is 7.07. The summed E-state index contributed by atoms with van der Waals surface area (Å²) in [6, 6.07) is 1.43. The number of halogens is 4. The van der Waals surface area contributed by atoms with Gasteiger partial charge in [-0.05, 0) is 18.6 Å². The number of rotatable bonds is 7. The van der Waals surface area contributed by atoms with Gasteiger partial charge in [0.2, 0.25) is 0 Å². The van der Waals surface area contributed by atoms with E-state index in [1.807, 2.05) is 6.92 Å². The summed E-state index contributed by atoms with van der Waals surface area (Å²) >= 11 is 0. The molecule has 1 unspecified atom stereocenters. The highest BCUT2D eigenvalue weighted by molar-refractivity contribution is 5.98. The second kappa shape index (κ2) is 9.43. The molecule has 0 aromatic heterocycles. The molecule has 1 aromatic carbocycles. The van der Waals surface area contributed by atoms with Crippen molar-refractivity contribution < 1.29 is 22.9 Å². The molecule has 0 aliphatic rings. The van der Waals surface area contributed by atoms with Gasteiger partial charge in [-0.3, -0.25) is 14.9 Å². The van der Waals surface area contributed by atoms with Crippen molar-refractivity contribution in [3.05, 3.63) is 39.4 Å². The van der Waals surface area contributed by atoms with Gasteiger partial charge in [-0.25, -0.2) is 0 Å². The zero-order chi connectivity index (χ0) is 17.6. The molecular weight excluding hydrogens is 351 g/mol. The smallest absolute Gasteiger partial charge is 0.348 e. The van der Waals surface area contributed by atoms with E-state index < -0.39 is 33.8 Å². The highest BCUT2D eigenvalue weighted by Gasteiger charge is 2.34. The van der Waals surface area contributed by atoms with Crippen LogP contribution < -0.4 is 11.1 Å². The summed E-state index contributed by atoms with van der Waals surface area (Å²) < 4.78 is 37.9. The number of hydrogen-bond donors (Lipinski definition) is 2. The fraction of sp³-hybridized carbons (Fsp3) is 0.500. The van der Waals surface area contributed by atoms with Crippen molar-refractivity contribution in [1.29, 1.82) is 0 Å². The van der Waals surface area contributed by atoms with Crippen molar-refractivity contribution in [1.82, 2.24) is 5.32 Å². The SMILES string of the molecule is CCCCC(CN)NC(=O)c1ccc(C(F)(F)F)cc1[N+](=O)[O-].Cl. The van der Waals surface area contributed by atoms with Crippen molar-refractivity contribution in [3.8, 4) is 0 Å². The molecule has 0 aliphatic heterocycles. The summed E-state index contributed by atoms with van der Waals surface area (Å²) in [6.45, 7) is 2.09. The zero-order valence-corrected chi connectivity index (χ0v) is 13.7. The van der Waals surface area contributed by atoms with Crippen LogP contribution in [0.15, 0.2) is 18.2 Å². The normalized spacial score (nSPS) is 12.2. The summed E-state index contributed by atoms with van der Waals surface area (Å²) in [5.41, 5.74) is 3.04. The van der Waals surface area contributed by atoms with E-state index in [1.165, 1.54) is 0 Å². The molecule has 0 heterocycles. The molecule has 0 saturated heterocycles. The number of nitrogens with zero attached hydrogens (tertiary/aromatic N) is 1. The highest BCUT2D eigenvalue weighted by atomic mass is 35.5. The molecular formula is C14H19ClF3N3O3. The fourth-order valence-electron chi connectivity index (χ4n) is 2.01. The quantitative estimate of drug-likeness (QED) is 0.569. The lowest BCUT2D eigenvalue weighted by Gasteiger charge is -2.16. The molecule has 0 bridgehead atoms. The maximum Gasteiger partial charge on any atom is 0.416 e. The van der Waals surface area contributed by atoms with Crippen molar-refractivity contribution in [3.63, 3.8) is 0 Å². The lowest BCUT2D eigenvalue weighted by atomic mass is 10.1. The average molecular weight is 370 g/mol. The molecule has 24 heavy (non-hydrogen) atoms. The Balaban J connectivity index is 0.00000529. The molecule has 1 aromatic rings. The van der Waals surface area contributed by atoms with Crippen LogP contribution in [0.2, 0.25) is 0 Å². The van der Waals surface area contributed by atoms with Crippen molar-refractivity contribution in [2.75, 3.05) is 6.54 Å². The van der Waals surface area contributed by atoms with Gasteiger partial charge >= 0.3 is 6.18 Å². The largest absolute Gasteiger partial charge is 0.416 e. The predicted molar refractivity (Wildman–Crippen MR) is 85.2 cm³/mol. The predicted octanol–water partition coefficient (Wildman–Crippen LogP) is 3.28. The van der Waals surface area contributed by atoms with E-state index in [4.69, 9.17) is 5.73 Å². The molecule has 1 rings (SSSR count). The minimum Gasteiger partial charge on any atom is -0.348 e. The number of alkyl halides is 3. The summed E-state index contributed by atoms with van der Waals surface area (Å²) in [5.74, 6) is -0.808. The Hall–Kier alpha value is -1.87. The number of nitrogens with one attached hydrogen (secondary N) is 1. The van der Waals surface area contributed by atoms with Crippen LogP contribution in [-0.2, 0) is 6.18 Å². The Kier molecular flexibility index (Phi) is 8.70. The Labute approximate surface area is 143 Å². The topological polar surface area (TPSA) is 98.3 Å². The highest BCUT2D eigenvalue weighted by Crippen LogP contribution is 2.33. The van der Waals surface area contributed by atoms with E-state index in [1.54, 1.807) is 0 Å². The fourth-order valence-corrected chi connectivity index (χ4v) is 2.01. The third kappa shape index (κ3) is 5.97. The Morgan fingerprint density at radius 3 is 2.50 bits per heavy atom. The van der Waals surface area contributed by atoms with Crippen LogP contribution in [-0.4, -0.2) is 23.4 Å². The monoisotopic (exact) mass is 369 g/mol. The third-order valence-corrected chi connectivity index (χ3v) is 3.29. The lowest BCUT2D eigenvalue weighted by Crippen LogP contribution is -2.40. The van der Waals surface area contributed by atoms with Crippen molar-refractivity contribution >= 4 is 24.0 Å². The Morgan fingerprint density at radius 2 is 2.04 bits per heavy atom. The minimum atomic E-state index is -4.72. The molecule has 0 saturated carbocycles. The molecule has 10 heteroatoms. The maximum atomic E-state index is 12.6. The molecule has 0 aliphatic carbocycles. The van der Waals surface area contributed by atoms with E-state index in [-0.39, 0.29) is 25.0 Å². The number of hydrogen-bond acceptors (Lipinski definition) is 4. The number of carbonyl (C=O) groups excluding carboxylic acids is 1. The summed E-state index contributed by atoms with van der Waals surface area (Å²) in [7, 11) is 0. The Morgan fingerprint density at radius 1 is 1.42 bits per heavy atom. The number of benzene rings is 1. The van der Waals surface area contributed by atoms with E-state index in [0.29, 0.717) is 18.6 Å². The second-order valence-electron chi connectivity index (χ2n) is 5.04. The Bertz CT molecular complexity index is 582. The van der Waals surface area contributed by atoms with Crippen LogP contribution in [0.3, 0.4) is 0 Å². The van der Waals surface area contributed by atoms with Crippen molar-refractivity contribution in [2.45, 2.75) is 38.4 Å². The van der Waals surface area contributed by atoms with Gasteiger partial charge in [0.25, 0.3) is 11.6 Å². The van der Waals surface area contributed by atoms with E-state index >= 15 is 0 Å². The second-order valence-corrected chi connectivity index (χ2v) is 5.04. The lowest BCUT2D eigenvalue weighted by molar-refractivity contribution is -0.385. The molecule has 1 amide bonds. The van der Waals surface area contributed by atoms with Gasteiger partial charge in [0.1, 0.15) is 5.56 Å². The summed E-state index contributed by atoms with van der Waals surface area (Å²) in [4.78, 5) is 22.1. The molecule has 0 spiro atoms. The third-order valence-electron chi connectivity index (χ3n) is 3.29. The van der Waals surface area contributed by atoms with Crippen LogP contribution >= 0.6 is 12.4 Å². The first-order valence-corrected chi connectivity index (χ1v) is 7.07. The number of unbranched alkanes of at least 4 members (excludes halogenated alkanes) is 1. The molecule has 3 N–H and O–H groups in total. The number of amides is 1. The van der Waals surface area contributed by atoms with Gasteiger partial charge < -0.3 is 11.1 Å². The van der Waals surface area contributed by atoms with E-state index in [2.05, 4.69) is 5.32 Å². The molecule has 136 valence electrons. The van der Waals surface area contributed by atoms with Crippen molar-refractivity contribution in [2.24, 2.45) is 5.73 Å². The first-order chi connectivity index (χ1) is 10.7. The van der Waals surface area contributed by atoms with E-state index in [0.717, 1.165) is 18.9 Å². The van der Waals surface area contributed by atoms with Gasteiger partial charge in [-0.1, -0.05) is 19.8 Å². The maximum absolute atomic E-state index is 12.6. The van der Waals surface area contributed by atoms with Gasteiger partial charge in [0.05, 0.1) is 10.5 Å². The first kappa shape index (κ1) is 22.1. The summed E-state index contributed by atoms with van der Waals surface area (Å²) in [6.07, 6.45) is -2.45. The summed E-state index contributed by atoms with van der Waals surface area (Å²) in [5, 5.41) is 13.5. The van der Waals surface area contributed by atoms with Crippen LogP contribution in [0.1, 0.15) is 42.1 Å². The standard InChI is InChI=1S/C14H18F3N3O3.ClH/c1-2-3-4-10(8-18)19-13(21)11-6-5-9(14(15,16)17)7-12(11)20(22)23;/h5-7,10H,2-4,8,18H2,1H3,(H,19,21);1H. The number of nitrogens with two attached hydrogens (primary N) is 1. The molecule has 1 atom stereocenters. The van der Waals surface area contributed by atoms with Crippen LogP contribution in [0, 0.1) is 10.1 Å². The molecule has 6 nitrogen and oxygen atoms in total. The van der Waals surface area contributed by atoms with Crippen LogP contribution in [0.4, 0.5) is 18.9 Å². The van der Waals surface area contributed by atoms with Crippen LogP contribution in [0.25, 0.3) is 0 Å². The van der Waals surface area contributed by atoms with Gasteiger partial charge in [-0.2, -0.15) is 13.2 Å². The molecule has 0 fully saturated rings.